The maximum absolute atomic E-state index is 13.3. The van der Waals surface area contributed by atoms with E-state index in [-0.39, 0.29) is 11.7 Å². The summed E-state index contributed by atoms with van der Waals surface area (Å²) in [6, 6.07) is 16.2. The first-order valence-corrected chi connectivity index (χ1v) is 8.67. The molecule has 6 heteroatoms. The summed E-state index contributed by atoms with van der Waals surface area (Å²) < 4.78 is 15.2. The number of hydrogen-bond acceptors (Lipinski definition) is 2. The van der Waals surface area contributed by atoms with Crippen molar-refractivity contribution in [2.75, 3.05) is 7.05 Å². The average molecular weight is 362 g/mol. The molecule has 0 radical (unpaired) electrons. The van der Waals surface area contributed by atoms with Gasteiger partial charge in [-0.25, -0.2) is 4.39 Å². The largest absolute Gasteiger partial charge is 0.351 e. The van der Waals surface area contributed by atoms with Crippen molar-refractivity contribution < 1.29 is 9.18 Å². The number of nitrogens with zero attached hydrogens (tertiary/aromatic N) is 3. The SMILES string of the molecule is CN(Cc1cnn(Cc2ccccc2)c1)C(=O)c1cc2cc(F)ccc2[nH]1. The fraction of sp³-hybridized carbons (Fsp3) is 0.143. The summed E-state index contributed by atoms with van der Waals surface area (Å²) in [5, 5.41) is 5.05. The van der Waals surface area contributed by atoms with Gasteiger partial charge in [-0.15, -0.1) is 0 Å². The summed E-state index contributed by atoms with van der Waals surface area (Å²) in [5.41, 5.74) is 3.30. The van der Waals surface area contributed by atoms with Crippen LogP contribution in [0, 0.1) is 5.82 Å². The van der Waals surface area contributed by atoms with E-state index < -0.39 is 0 Å². The molecule has 2 heterocycles. The topological polar surface area (TPSA) is 53.9 Å². The van der Waals surface area contributed by atoms with Crippen LogP contribution in [0.4, 0.5) is 4.39 Å². The third-order valence-corrected chi connectivity index (χ3v) is 4.45. The summed E-state index contributed by atoms with van der Waals surface area (Å²) >= 11 is 0. The zero-order chi connectivity index (χ0) is 18.8. The number of hydrogen-bond donors (Lipinski definition) is 1. The van der Waals surface area contributed by atoms with Gasteiger partial charge in [-0.1, -0.05) is 30.3 Å². The van der Waals surface area contributed by atoms with Crippen molar-refractivity contribution >= 4 is 16.8 Å². The van der Waals surface area contributed by atoms with Crippen molar-refractivity contribution in [3.63, 3.8) is 0 Å². The molecule has 4 rings (SSSR count). The minimum atomic E-state index is -0.320. The molecule has 0 atom stereocenters. The Labute approximate surface area is 156 Å². The Bertz CT molecular complexity index is 1080. The quantitative estimate of drug-likeness (QED) is 0.587. The lowest BCUT2D eigenvalue weighted by atomic mass is 10.2. The molecule has 136 valence electrons. The zero-order valence-electron chi connectivity index (χ0n) is 14.9. The van der Waals surface area contributed by atoms with E-state index in [1.807, 2.05) is 29.1 Å². The van der Waals surface area contributed by atoms with E-state index in [4.69, 9.17) is 0 Å². The minimum absolute atomic E-state index is 0.151. The zero-order valence-corrected chi connectivity index (χ0v) is 14.9. The van der Waals surface area contributed by atoms with Crippen LogP contribution in [-0.2, 0) is 13.1 Å². The first-order valence-electron chi connectivity index (χ1n) is 8.67. The number of fused-ring (bicyclic) bond motifs is 1. The number of aromatic amines is 1. The molecule has 0 aliphatic rings. The number of carbonyl (C=O) groups excluding carboxylic acids is 1. The van der Waals surface area contributed by atoms with Crippen LogP contribution in [0.3, 0.4) is 0 Å². The summed E-state index contributed by atoms with van der Waals surface area (Å²) in [4.78, 5) is 17.3. The molecule has 0 saturated carbocycles. The Morgan fingerprint density at radius 1 is 1.15 bits per heavy atom. The number of H-pyrrole nitrogens is 1. The number of aromatic nitrogens is 3. The highest BCUT2D eigenvalue weighted by molar-refractivity contribution is 5.97. The summed E-state index contributed by atoms with van der Waals surface area (Å²) in [7, 11) is 1.74. The molecule has 0 saturated heterocycles. The van der Waals surface area contributed by atoms with Crippen LogP contribution in [0.2, 0.25) is 0 Å². The summed E-state index contributed by atoms with van der Waals surface area (Å²) in [5.74, 6) is -0.470. The van der Waals surface area contributed by atoms with Crippen molar-refractivity contribution in [3.8, 4) is 0 Å². The Hall–Kier alpha value is -3.41. The second-order valence-corrected chi connectivity index (χ2v) is 6.61. The van der Waals surface area contributed by atoms with Gasteiger partial charge in [0, 0.05) is 36.3 Å². The van der Waals surface area contributed by atoms with Crippen molar-refractivity contribution in [1.29, 1.82) is 0 Å². The highest BCUT2D eigenvalue weighted by atomic mass is 19.1. The molecule has 0 fully saturated rings. The van der Waals surface area contributed by atoms with Gasteiger partial charge in [0.25, 0.3) is 5.91 Å². The highest BCUT2D eigenvalue weighted by Crippen LogP contribution is 2.18. The predicted molar refractivity (Wildman–Crippen MR) is 102 cm³/mol. The van der Waals surface area contributed by atoms with Gasteiger partial charge in [-0.05, 0) is 29.8 Å². The monoisotopic (exact) mass is 362 g/mol. The fourth-order valence-electron chi connectivity index (χ4n) is 3.11. The second-order valence-electron chi connectivity index (χ2n) is 6.61. The van der Waals surface area contributed by atoms with Gasteiger partial charge < -0.3 is 9.88 Å². The summed E-state index contributed by atoms with van der Waals surface area (Å²) in [6.07, 6.45) is 3.71. The van der Waals surface area contributed by atoms with Crippen LogP contribution >= 0.6 is 0 Å². The molecule has 2 aromatic carbocycles. The first-order chi connectivity index (χ1) is 13.1. The molecule has 5 nitrogen and oxygen atoms in total. The van der Waals surface area contributed by atoms with Crippen molar-refractivity contribution in [2.24, 2.45) is 0 Å². The number of carbonyl (C=O) groups is 1. The molecule has 4 aromatic rings. The predicted octanol–water partition coefficient (Wildman–Crippen LogP) is 3.82. The Morgan fingerprint density at radius 3 is 2.78 bits per heavy atom. The molecule has 1 amide bonds. The van der Waals surface area contributed by atoms with Crippen LogP contribution in [0.15, 0.2) is 67.0 Å². The number of benzene rings is 2. The van der Waals surface area contributed by atoms with Gasteiger partial charge in [-0.3, -0.25) is 9.48 Å². The first kappa shape index (κ1) is 17.0. The highest BCUT2D eigenvalue weighted by Gasteiger charge is 2.15. The van der Waals surface area contributed by atoms with Crippen molar-refractivity contribution in [1.82, 2.24) is 19.7 Å². The van der Waals surface area contributed by atoms with Crippen LogP contribution in [0.5, 0.6) is 0 Å². The molecule has 2 aromatic heterocycles. The molecule has 0 spiro atoms. The molecule has 27 heavy (non-hydrogen) atoms. The van der Waals surface area contributed by atoms with Gasteiger partial charge in [0.15, 0.2) is 0 Å². The smallest absolute Gasteiger partial charge is 0.270 e. The second kappa shape index (κ2) is 7.07. The van der Waals surface area contributed by atoms with Crippen LogP contribution in [-0.4, -0.2) is 32.6 Å². The summed E-state index contributed by atoms with van der Waals surface area (Å²) in [6.45, 7) is 1.13. The van der Waals surface area contributed by atoms with Crippen LogP contribution < -0.4 is 0 Å². The van der Waals surface area contributed by atoms with E-state index in [1.54, 1.807) is 30.3 Å². The Morgan fingerprint density at radius 2 is 1.96 bits per heavy atom. The molecular formula is C21H19FN4O. The lowest BCUT2D eigenvalue weighted by Gasteiger charge is -2.15. The van der Waals surface area contributed by atoms with Gasteiger partial charge in [0.2, 0.25) is 0 Å². The molecule has 1 N–H and O–H groups in total. The minimum Gasteiger partial charge on any atom is -0.351 e. The number of amides is 1. The molecule has 0 aliphatic heterocycles. The van der Waals surface area contributed by atoms with Gasteiger partial charge in [-0.2, -0.15) is 5.10 Å². The maximum Gasteiger partial charge on any atom is 0.270 e. The van der Waals surface area contributed by atoms with Gasteiger partial charge in [0.05, 0.1) is 12.7 Å². The number of nitrogens with one attached hydrogen (secondary N) is 1. The standard InChI is InChI=1S/C21H19FN4O/c1-25(21(27)20-10-17-9-18(22)7-8-19(17)24-20)12-16-11-23-26(14-16)13-15-5-3-2-4-6-15/h2-11,14,24H,12-13H2,1H3. The van der Waals surface area contributed by atoms with Gasteiger partial charge in [0.1, 0.15) is 11.5 Å². The van der Waals surface area contributed by atoms with E-state index in [1.165, 1.54) is 17.7 Å². The van der Waals surface area contributed by atoms with E-state index >= 15 is 0 Å². The van der Waals surface area contributed by atoms with Crippen molar-refractivity contribution in [2.45, 2.75) is 13.1 Å². The van der Waals surface area contributed by atoms with Crippen LogP contribution in [0.25, 0.3) is 10.9 Å². The van der Waals surface area contributed by atoms with E-state index in [9.17, 15) is 9.18 Å². The van der Waals surface area contributed by atoms with Crippen molar-refractivity contribution in [3.05, 3.63) is 89.6 Å². The molecular weight excluding hydrogens is 343 g/mol. The number of rotatable bonds is 5. The van der Waals surface area contributed by atoms with E-state index in [2.05, 4.69) is 22.2 Å². The maximum atomic E-state index is 13.3. The lowest BCUT2D eigenvalue weighted by molar-refractivity contribution is 0.0780. The van der Waals surface area contributed by atoms with Crippen LogP contribution in [0.1, 0.15) is 21.6 Å². The fourth-order valence-corrected chi connectivity index (χ4v) is 3.11. The molecule has 0 unspecified atom stereocenters. The Kier molecular flexibility index (Phi) is 4.46. The lowest BCUT2D eigenvalue weighted by Crippen LogP contribution is -2.26. The normalized spacial score (nSPS) is 11.0. The van der Waals surface area contributed by atoms with E-state index in [0.29, 0.717) is 24.2 Å². The third kappa shape index (κ3) is 3.74. The molecule has 0 bridgehead atoms. The van der Waals surface area contributed by atoms with E-state index in [0.717, 1.165) is 11.1 Å². The average Bonchev–Trinajstić information content (AvgIpc) is 3.28. The third-order valence-electron chi connectivity index (χ3n) is 4.45. The number of halogens is 1. The van der Waals surface area contributed by atoms with Gasteiger partial charge >= 0.3 is 0 Å². The molecule has 0 aliphatic carbocycles. The Balaban J connectivity index is 1.45.